The van der Waals surface area contributed by atoms with Crippen molar-refractivity contribution < 1.29 is 42.2 Å². The number of carboxylic acids is 2. The molecule has 1 aromatic rings. The zero-order valence-corrected chi connectivity index (χ0v) is 17.9. The number of nitrogens with zero attached hydrogens (tertiary/aromatic N) is 2. The molecule has 180 valence electrons. The number of rotatable bonds is 4. The number of carboxylic acid groups (broad SMARTS) is 2. The van der Waals surface area contributed by atoms with Crippen LogP contribution in [0.4, 0.5) is 18.0 Å². The Labute approximate surface area is 183 Å². The van der Waals surface area contributed by atoms with Crippen molar-refractivity contribution >= 4 is 18.0 Å². The van der Waals surface area contributed by atoms with Gasteiger partial charge in [-0.1, -0.05) is 0 Å². The number of carbonyl (C=O) groups is 3. The van der Waals surface area contributed by atoms with Gasteiger partial charge in [-0.2, -0.15) is 13.2 Å². The van der Waals surface area contributed by atoms with Crippen LogP contribution in [0, 0.1) is 11.3 Å². The molecule has 3 heterocycles. The van der Waals surface area contributed by atoms with E-state index in [1.54, 1.807) is 17.4 Å². The second kappa shape index (κ2) is 10.2. The first kappa shape index (κ1) is 25.5. The van der Waals surface area contributed by atoms with Gasteiger partial charge in [-0.15, -0.1) is 0 Å². The summed E-state index contributed by atoms with van der Waals surface area (Å²) in [5, 5.41) is 20.0. The maximum atomic E-state index is 12.4. The number of halogens is 3. The molecule has 2 fully saturated rings. The van der Waals surface area contributed by atoms with Gasteiger partial charge in [-0.05, 0) is 32.8 Å². The van der Waals surface area contributed by atoms with E-state index in [2.05, 4.69) is 10.2 Å². The van der Waals surface area contributed by atoms with Crippen molar-refractivity contribution in [3.8, 4) is 0 Å². The highest BCUT2D eigenvalue weighted by atomic mass is 19.4. The van der Waals surface area contributed by atoms with Crippen molar-refractivity contribution in [2.45, 2.75) is 45.5 Å². The third-order valence-corrected chi connectivity index (χ3v) is 5.61. The monoisotopic (exact) mass is 463 g/mol. The topological polar surface area (TPSA) is 123 Å². The van der Waals surface area contributed by atoms with E-state index >= 15 is 0 Å². The highest BCUT2D eigenvalue weighted by molar-refractivity contribution is 5.77. The molecule has 9 nitrogen and oxygen atoms in total. The zero-order chi connectivity index (χ0) is 24.1. The molecule has 2 aliphatic heterocycles. The molecule has 2 saturated heterocycles. The van der Waals surface area contributed by atoms with Gasteiger partial charge in [0.15, 0.2) is 0 Å². The molecule has 1 aromatic heterocycles. The standard InChI is InChI=1S/C18H27N3O4.C2HF3O2/c1-13(2)19-17(24)21-6-3-5-18(16(22)23)12-20(9-15(18)10-21)8-14-4-7-25-11-14;3-2(4,5)1(6)7/h4,7,11,13,15H,3,5-6,8-10,12H2,1-2H3,(H,19,24)(H,22,23);(H,6,7)/t15-,18+;/m1./s1. The van der Waals surface area contributed by atoms with E-state index in [1.807, 2.05) is 19.9 Å². The molecule has 32 heavy (non-hydrogen) atoms. The minimum Gasteiger partial charge on any atom is -0.481 e. The van der Waals surface area contributed by atoms with Crippen LogP contribution in [0.3, 0.4) is 0 Å². The Morgan fingerprint density at radius 1 is 1.28 bits per heavy atom. The first-order valence-electron chi connectivity index (χ1n) is 10.2. The fraction of sp³-hybridized carbons (Fsp3) is 0.650. The summed E-state index contributed by atoms with van der Waals surface area (Å²) in [6, 6.07) is 1.88. The SMILES string of the molecule is CC(C)NC(=O)N1CCC[C@]2(C(=O)O)CN(Cc3ccoc3)C[C@@H]2C1.O=C(O)C(F)(F)F. The quantitative estimate of drug-likeness (QED) is 0.627. The van der Waals surface area contributed by atoms with E-state index in [0.29, 0.717) is 45.6 Å². The molecule has 12 heteroatoms. The lowest BCUT2D eigenvalue weighted by Gasteiger charge is -2.30. The van der Waals surface area contributed by atoms with Gasteiger partial charge in [0.1, 0.15) is 0 Å². The van der Waals surface area contributed by atoms with Crippen LogP contribution in [0.25, 0.3) is 0 Å². The van der Waals surface area contributed by atoms with E-state index in [-0.39, 0.29) is 18.0 Å². The molecule has 0 spiro atoms. The molecule has 0 aliphatic carbocycles. The summed E-state index contributed by atoms with van der Waals surface area (Å²) in [6.07, 6.45) is -0.424. The average molecular weight is 463 g/mol. The number of fused-ring (bicyclic) bond motifs is 1. The van der Waals surface area contributed by atoms with Crippen LogP contribution in [-0.4, -0.2) is 76.4 Å². The third-order valence-electron chi connectivity index (χ3n) is 5.61. The van der Waals surface area contributed by atoms with Crippen LogP contribution >= 0.6 is 0 Å². The zero-order valence-electron chi connectivity index (χ0n) is 17.9. The van der Waals surface area contributed by atoms with Crippen LogP contribution < -0.4 is 5.32 Å². The smallest absolute Gasteiger partial charge is 0.481 e. The molecule has 3 N–H and O–H groups in total. The number of likely N-dealkylation sites (tertiary alicyclic amines) is 2. The van der Waals surface area contributed by atoms with Crippen molar-refractivity contribution in [2.75, 3.05) is 26.2 Å². The minimum absolute atomic E-state index is 0.0580. The molecule has 0 radical (unpaired) electrons. The number of alkyl halides is 3. The summed E-state index contributed by atoms with van der Waals surface area (Å²) >= 11 is 0. The number of furan rings is 1. The van der Waals surface area contributed by atoms with Crippen LogP contribution in [0.1, 0.15) is 32.3 Å². The molecular weight excluding hydrogens is 435 g/mol. The Hall–Kier alpha value is -2.76. The Balaban J connectivity index is 0.000000451. The van der Waals surface area contributed by atoms with Gasteiger partial charge in [-0.3, -0.25) is 9.69 Å². The minimum atomic E-state index is -5.08. The first-order valence-corrected chi connectivity index (χ1v) is 10.2. The Morgan fingerprint density at radius 3 is 2.44 bits per heavy atom. The molecule has 2 aliphatic rings. The predicted octanol–water partition coefficient (Wildman–Crippen LogP) is 2.63. The van der Waals surface area contributed by atoms with Crippen LogP contribution in [-0.2, 0) is 16.1 Å². The van der Waals surface area contributed by atoms with E-state index < -0.39 is 23.5 Å². The normalized spacial score (nSPS) is 23.7. The maximum absolute atomic E-state index is 12.4. The van der Waals surface area contributed by atoms with Gasteiger partial charge >= 0.3 is 24.1 Å². The summed E-state index contributed by atoms with van der Waals surface area (Å²) < 4.78 is 36.9. The van der Waals surface area contributed by atoms with Gasteiger partial charge in [-0.25, -0.2) is 9.59 Å². The number of hydrogen-bond acceptors (Lipinski definition) is 5. The van der Waals surface area contributed by atoms with Gasteiger partial charge in [0.05, 0.1) is 17.9 Å². The Kier molecular flexibility index (Phi) is 8.16. The molecule has 3 rings (SSSR count). The number of aliphatic carboxylic acids is 2. The fourth-order valence-electron chi connectivity index (χ4n) is 4.17. The lowest BCUT2D eigenvalue weighted by molar-refractivity contribution is -0.192. The average Bonchev–Trinajstić information content (AvgIpc) is 3.25. The lowest BCUT2D eigenvalue weighted by Crippen LogP contribution is -2.47. The highest BCUT2D eigenvalue weighted by Crippen LogP contribution is 2.43. The van der Waals surface area contributed by atoms with E-state index in [0.717, 1.165) is 5.56 Å². The summed E-state index contributed by atoms with van der Waals surface area (Å²) in [6.45, 7) is 6.86. The highest BCUT2D eigenvalue weighted by Gasteiger charge is 2.53. The number of hydrogen-bond donors (Lipinski definition) is 3. The predicted molar refractivity (Wildman–Crippen MR) is 106 cm³/mol. The lowest BCUT2D eigenvalue weighted by atomic mass is 9.75. The third kappa shape index (κ3) is 6.38. The van der Waals surface area contributed by atoms with Crippen molar-refractivity contribution in [1.29, 1.82) is 0 Å². The Morgan fingerprint density at radius 2 is 1.94 bits per heavy atom. The van der Waals surface area contributed by atoms with Gasteiger partial charge in [0.2, 0.25) is 0 Å². The molecule has 0 bridgehead atoms. The van der Waals surface area contributed by atoms with Crippen LogP contribution in [0.2, 0.25) is 0 Å². The van der Waals surface area contributed by atoms with Crippen LogP contribution in [0.15, 0.2) is 23.0 Å². The molecular formula is C20H28F3N3O6. The van der Waals surface area contributed by atoms with Crippen molar-refractivity contribution in [3.05, 3.63) is 24.2 Å². The molecule has 0 saturated carbocycles. The van der Waals surface area contributed by atoms with Crippen molar-refractivity contribution in [3.63, 3.8) is 0 Å². The molecule has 2 atom stereocenters. The first-order chi connectivity index (χ1) is 14.8. The summed E-state index contributed by atoms with van der Waals surface area (Å²) in [5.41, 5.74) is 0.280. The Bertz CT molecular complexity index is 799. The molecule has 0 unspecified atom stereocenters. The van der Waals surface area contributed by atoms with Crippen LogP contribution in [0.5, 0.6) is 0 Å². The van der Waals surface area contributed by atoms with Gasteiger partial charge < -0.3 is 24.8 Å². The molecule has 0 aromatic carbocycles. The van der Waals surface area contributed by atoms with E-state index in [9.17, 15) is 27.9 Å². The second-order valence-corrected chi connectivity index (χ2v) is 8.42. The summed E-state index contributed by atoms with van der Waals surface area (Å²) in [7, 11) is 0. The van der Waals surface area contributed by atoms with Crippen molar-refractivity contribution in [1.82, 2.24) is 15.1 Å². The van der Waals surface area contributed by atoms with E-state index in [4.69, 9.17) is 14.3 Å². The summed E-state index contributed by atoms with van der Waals surface area (Å²) in [5.74, 6) is -3.55. The van der Waals surface area contributed by atoms with E-state index in [1.165, 1.54) is 0 Å². The number of nitrogens with one attached hydrogen (secondary N) is 1. The molecule has 2 amide bonds. The maximum Gasteiger partial charge on any atom is 0.490 e. The number of amides is 2. The fourth-order valence-corrected chi connectivity index (χ4v) is 4.17. The van der Waals surface area contributed by atoms with Crippen molar-refractivity contribution in [2.24, 2.45) is 11.3 Å². The van der Waals surface area contributed by atoms with Gasteiger partial charge in [0, 0.05) is 50.2 Å². The van der Waals surface area contributed by atoms with Gasteiger partial charge in [0.25, 0.3) is 0 Å². The number of carbonyl (C=O) groups excluding carboxylic acids is 1. The second-order valence-electron chi connectivity index (χ2n) is 8.42. The summed E-state index contributed by atoms with van der Waals surface area (Å²) in [4.78, 5) is 37.4. The largest absolute Gasteiger partial charge is 0.490 e. The number of urea groups is 1.